The van der Waals surface area contributed by atoms with E-state index in [0.717, 1.165) is 44.5 Å². The van der Waals surface area contributed by atoms with Gasteiger partial charge in [-0.1, -0.05) is 6.07 Å². The molecular formula is C26H29N7O3. The molecule has 1 saturated heterocycles. The van der Waals surface area contributed by atoms with Crippen molar-refractivity contribution < 1.29 is 18.4 Å². The number of amides is 2. The van der Waals surface area contributed by atoms with Crippen LogP contribution < -0.4 is 25.6 Å². The molecule has 0 spiro atoms. The van der Waals surface area contributed by atoms with Crippen molar-refractivity contribution in [2.24, 2.45) is 5.92 Å². The van der Waals surface area contributed by atoms with Crippen LogP contribution in [0.1, 0.15) is 40.2 Å². The molecule has 2 aliphatic rings. The quantitative estimate of drug-likeness (QED) is 0.438. The molecule has 10 heteroatoms. The lowest BCUT2D eigenvalue weighted by Gasteiger charge is -2.18. The van der Waals surface area contributed by atoms with E-state index in [1.54, 1.807) is 24.5 Å². The molecule has 3 aromatic rings. The Hall–Kier alpha value is -4.21. The van der Waals surface area contributed by atoms with Crippen LogP contribution in [0, 0.1) is 5.92 Å². The van der Waals surface area contributed by atoms with Crippen molar-refractivity contribution in [3.05, 3.63) is 48.4 Å². The van der Waals surface area contributed by atoms with Crippen molar-refractivity contribution in [1.82, 2.24) is 20.3 Å². The van der Waals surface area contributed by atoms with Crippen LogP contribution in [0.4, 0.5) is 22.9 Å². The molecule has 2 fully saturated rings. The fourth-order valence-electron chi connectivity index (χ4n) is 4.22. The Labute approximate surface area is 213 Å². The second kappa shape index (κ2) is 10.2. The summed E-state index contributed by atoms with van der Waals surface area (Å²) in [5.74, 6) is 0.0781. The summed E-state index contributed by atoms with van der Waals surface area (Å²) >= 11 is 0. The van der Waals surface area contributed by atoms with Crippen LogP contribution in [0.3, 0.4) is 0 Å². The van der Waals surface area contributed by atoms with Crippen LogP contribution in [0.25, 0.3) is 11.4 Å². The summed E-state index contributed by atoms with van der Waals surface area (Å²) in [6, 6.07) is 6.85. The van der Waals surface area contributed by atoms with Crippen molar-refractivity contribution in [3.8, 4) is 17.1 Å². The van der Waals surface area contributed by atoms with Gasteiger partial charge in [-0.15, -0.1) is 0 Å². The predicted molar refractivity (Wildman–Crippen MR) is 138 cm³/mol. The normalized spacial score (nSPS) is 16.5. The first-order valence-corrected chi connectivity index (χ1v) is 11.9. The number of hydrogen-bond acceptors (Lipinski definition) is 8. The molecule has 1 aromatic carbocycles. The summed E-state index contributed by atoms with van der Waals surface area (Å²) in [4.78, 5) is 40.6. The summed E-state index contributed by atoms with van der Waals surface area (Å²) in [5, 5.41) is 7.89. The summed E-state index contributed by atoms with van der Waals surface area (Å²) in [5.41, 5.74) is 2.29. The number of nitrogens with one attached hydrogen (secondary N) is 3. The SMILES string of the molecule is [2H]C([2H])([2H])NC(=O)c1cnc(NC(=O)C2CC2)cc1Nc1cccc(-c2ncc(N3CCCC3)cn2)c1OC. The molecule has 0 atom stereocenters. The Balaban J connectivity index is 1.47. The van der Waals surface area contributed by atoms with Gasteiger partial charge in [0, 0.05) is 42.4 Å². The van der Waals surface area contributed by atoms with Gasteiger partial charge in [0.05, 0.1) is 47.7 Å². The van der Waals surface area contributed by atoms with Gasteiger partial charge in [-0.2, -0.15) is 0 Å². The third-order valence-electron chi connectivity index (χ3n) is 6.30. The third kappa shape index (κ3) is 4.93. The summed E-state index contributed by atoms with van der Waals surface area (Å²) in [7, 11) is 1.51. The number of pyridine rings is 1. The monoisotopic (exact) mass is 490 g/mol. The lowest BCUT2D eigenvalue weighted by Crippen LogP contribution is -2.20. The average Bonchev–Trinajstić information content (AvgIpc) is 3.62. The van der Waals surface area contributed by atoms with E-state index in [1.165, 1.54) is 19.4 Å². The van der Waals surface area contributed by atoms with Crippen LogP contribution in [-0.4, -0.2) is 53.9 Å². The Morgan fingerprint density at radius 2 is 1.86 bits per heavy atom. The topological polar surface area (TPSA) is 121 Å². The lowest BCUT2D eigenvalue weighted by atomic mass is 10.1. The van der Waals surface area contributed by atoms with E-state index < -0.39 is 12.9 Å². The number of anilines is 4. The number of nitrogens with zero attached hydrogens (tertiary/aromatic N) is 4. The molecular weight excluding hydrogens is 458 g/mol. The van der Waals surface area contributed by atoms with Crippen LogP contribution in [0.2, 0.25) is 0 Å². The highest BCUT2D eigenvalue weighted by molar-refractivity contribution is 6.01. The first-order chi connectivity index (χ1) is 18.7. The maximum atomic E-state index is 12.8. The smallest absolute Gasteiger partial charge is 0.254 e. The molecule has 1 aliphatic heterocycles. The number of aromatic nitrogens is 3. The summed E-state index contributed by atoms with van der Waals surface area (Å²) in [6.07, 6.45) is 8.75. The standard InChI is InChI=1S/C26H29N7O3/c1-27-26(35)19-15-28-22(32-25(34)16-8-9-16)12-21(19)31-20-7-5-6-18(23(20)36-2)24-29-13-17(14-30-24)33-10-3-4-11-33/h5-7,12-16H,3-4,8-11H2,1-2H3,(H,27,35)(H2,28,31,32,34)/i1D3. The Morgan fingerprint density at radius 1 is 1.08 bits per heavy atom. The number of methoxy groups -OCH3 is 1. The zero-order valence-electron chi connectivity index (χ0n) is 22.9. The van der Waals surface area contributed by atoms with Crippen LogP contribution in [-0.2, 0) is 4.79 Å². The lowest BCUT2D eigenvalue weighted by molar-refractivity contribution is -0.117. The van der Waals surface area contributed by atoms with Crippen molar-refractivity contribution >= 4 is 34.7 Å². The van der Waals surface area contributed by atoms with Crippen molar-refractivity contribution in [2.45, 2.75) is 25.7 Å². The second-order valence-electron chi connectivity index (χ2n) is 8.80. The van der Waals surface area contributed by atoms with E-state index in [1.807, 2.05) is 11.4 Å². The highest BCUT2D eigenvalue weighted by atomic mass is 16.5. The third-order valence-corrected chi connectivity index (χ3v) is 6.30. The van der Waals surface area contributed by atoms with Gasteiger partial charge < -0.3 is 25.6 Å². The average molecular weight is 491 g/mol. The maximum absolute atomic E-state index is 12.8. The number of para-hydroxylation sites is 1. The molecule has 1 aliphatic carbocycles. The summed E-state index contributed by atoms with van der Waals surface area (Å²) < 4.78 is 28.0. The number of rotatable bonds is 8. The van der Waals surface area contributed by atoms with Gasteiger partial charge in [0.1, 0.15) is 5.82 Å². The number of carbonyl (C=O) groups is 2. The van der Waals surface area contributed by atoms with Crippen LogP contribution in [0.15, 0.2) is 42.9 Å². The Morgan fingerprint density at radius 3 is 2.56 bits per heavy atom. The molecule has 10 nitrogen and oxygen atoms in total. The molecule has 0 radical (unpaired) electrons. The predicted octanol–water partition coefficient (Wildman–Crippen LogP) is 3.60. The molecule has 0 unspecified atom stereocenters. The first kappa shape index (κ1) is 20.0. The van der Waals surface area contributed by atoms with Crippen LogP contribution in [0.5, 0.6) is 5.75 Å². The zero-order valence-corrected chi connectivity index (χ0v) is 19.9. The fourth-order valence-corrected chi connectivity index (χ4v) is 4.22. The highest BCUT2D eigenvalue weighted by Gasteiger charge is 2.30. The van der Waals surface area contributed by atoms with Gasteiger partial charge in [0.15, 0.2) is 11.6 Å². The molecule has 5 rings (SSSR count). The van der Waals surface area contributed by atoms with Crippen molar-refractivity contribution in [2.75, 3.05) is 42.7 Å². The minimum Gasteiger partial charge on any atom is -0.494 e. The van der Waals surface area contributed by atoms with Crippen LogP contribution >= 0.6 is 0 Å². The van der Waals surface area contributed by atoms with E-state index in [-0.39, 0.29) is 28.9 Å². The molecule has 0 bridgehead atoms. The minimum atomic E-state index is -2.69. The zero-order chi connectivity index (χ0) is 27.6. The minimum absolute atomic E-state index is 0.0192. The van der Waals surface area contributed by atoms with Gasteiger partial charge in [-0.3, -0.25) is 9.59 Å². The van der Waals surface area contributed by atoms with Gasteiger partial charge >= 0.3 is 0 Å². The largest absolute Gasteiger partial charge is 0.494 e. The van der Waals surface area contributed by atoms with Gasteiger partial charge in [-0.25, -0.2) is 15.0 Å². The Kier molecular flexibility index (Phi) is 5.67. The number of benzene rings is 1. The molecule has 36 heavy (non-hydrogen) atoms. The molecule has 3 heterocycles. The second-order valence-corrected chi connectivity index (χ2v) is 8.80. The van der Waals surface area contributed by atoms with E-state index in [0.29, 0.717) is 22.8 Å². The number of hydrogen-bond donors (Lipinski definition) is 3. The first-order valence-electron chi connectivity index (χ1n) is 13.4. The van der Waals surface area contributed by atoms with Gasteiger partial charge in [0.2, 0.25) is 5.91 Å². The highest BCUT2D eigenvalue weighted by Crippen LogP contribution is 2.38. The fraction of sp³-hybridized carbons (Fsp3) is 0.346. The number of ether oxygens (including phenoxy) is 1. The molecule has 186 valence electrons. The maximum Gasteiger partial charge on any atom is 0.254 e. The summed E-state index contributed by atoms with van der Waals surface area (Å²) in [6.45, 7) is -0.723. The molecule has 2 amide bonds. The molecule has 2 aromatic heterocycles. The van der Waals surface area contributed by atoms with E-state index in [9.17, 15) is 9.59 Å². The molecule has 3 N–H and O–H groups in total. The van der Waals surface area contributed by atoms with E-state index >= 15 is 0 Å². The van der Waals surface area contributed by atoms with Gasteiger partial charge in [0.25, 0.3) is 5.91 Å². The molecule has 1 saturated carbocycles. The van der Waals surface area contributed by atoms with Crippen molar-refractivity contribution in [1.29, 1.82) is 0 Å². The van der Waals surface area contributed by atoms with Gasteiger partial charge in [-0.05, 0) is 37.8 Å². The van der Waals surface area contributed by atoms with E-state index in [2.05, 4.69) is 30.5 Å². The van der Waals surface area contributed by atoms with Crippen molar-refractivity contribution in [3.63, 3.8) is 0 Å². The van der Waals surface area contributed by atoms with E-state index in [4.69, 9.17) is 8.85 Å². The Bertz CT molecular complexity index is 1370. The number of carbonyl (C=O) groups excluding carboxylic acids is 2.